The number of hydrogen-bond donors (Lipinski definition) is 2. The Balaban J connectivity index is 1.78. The molecule has 1 aliphatic heterocycles. The van der Waals surface area contributed by atoms with E-state index in [2.05, 4.69) is 10.6 Å². The number of urea groups is 1. The topological polar surface area (TPSA) is 44.4 Å². The van der Waals surface area contributed by atoms with Gasteiger partial charge in [-0.2, -0.15) is 0 Å². The van der Waals surface area contributed by atoms with Crippen LogP contribution in [0.3, 0.4) is 0 Å². The molecular formula is C10H19N3O. The zero-order chi connectivity index (χ0) is 9.97. The van der Waals surface area contributed by atoms with Gasteiger partial charge in [-0.15, -0.1) is 0 Å². The molecule has 2 rings (SSSR count). The van der Waals surface area contributed by atoms with Crippen LogP contribution in [0.25, 0.3) is 0 Å². The first-order chi connectivity index (χ1) is 6.77. The maximum atomic E-state index is 11.7. The zero-order valence-corrected chi connectivity index (χ0v) is 8.75. The van der Waals surface area contributed by atoms with E-state index in [9.17, 15) is 4.79 Å². The molecule has 0 bridgehead atoms. The van der Waals surface area contributed by atoms with E-state index in [1.807, 2.05) is 11.9 Å². The molecule has 0 spiro atoms. The van der Waals surface area contributed by atoms with E-state index in [-0.39, 0.29) is 6.03 Å². The first-order valence-corrected chi connectivity index (χ1v) is 5.51. The molecule has 1 aliphatic carbocycles. The molecule has 80 valence electrons. The Morgan fingerprint density at radius 1 is 1.43 bits per heavy atom. The van der Waals surface area contributed by atoms with Crippen LogP contribution in [-0.4, -0.2) is 43.2 Å². The van der Waals surface area contributed by atoms with Crippen molar-refractivity contribution in [2.24, 2.45) is 0 Å². The van der Waals surface area contributed by atoms with E-state index in [1.165, 1.54) is 6.42 Å². The van der Waals surface area contributed by atoms with Crippen LogP contribution in [0, 0.1) is 0 Å². The van der Waals surface area contributed by atoms with Crippen molar-refractivity contribution in [2.45, 2.75) is 37.8 Å². The predicted octanol–water partition coefficient (Wildman–Crippen LogP) is 0.542. The molecule has 1 heterocycles. The summed E-state index contributed by atoms with van der Waals surface area (Å²) in [5.41, 5.74) is 0. The Labute approximate surface area is 85.0 Å². The average Bonchev–Trinajstić information content (AvgIpc) is 3.02. The lowest BCUT2D eigenvalue weighted by Gasteiger charge is -2.31. The summed E-state index contributed by atoms with van der Waals surface area (Å²) >= 11 is 0. The van der Waals surface area contributed by atoms with Crippen molar-refractivity contribution in [3.63, 3.8) is 0 Å². The number of hydrogen-bond acceptors (Lipinski definition) is 2. The number of carbonyl (C=O) groups excluding carboxylic acids is 1. The van der Waals surface area contributed by atoms with Gasteiger partial charge in [-0.25, -0.2) is 4.79 Å². The molecule has 0 aromatic heterocycles. The smallest absolute Gasteiger partial charge is 0.317 e. The van der Waals surface area contributed by atoms with Crippen molar-refractivity contribution in [2.75, 3.05) is 20.1 Å². The third-order valence-corrected chi connectivity index (χ3v) is 3.04. The Morgan fingerprint density at radius 3 is 2.79 bits per heavy atom. The minimum Gasteiger partial charge on any atom is -0.335 e. The van der Waals surface area contributed by atoms with Gasteiger partial charge in [0.25, 0.3) is 0 Å². The molecule has 2 aliphatic rings. The molecule has 2 N–H and O–H groups in total. The van der Waals surface area contributed by atoms with E-state index < -0.39 is 0 Å². The number of piperidine rings is 1. The second-order valence-corrected chi connectivity index (χ2v) is 4.33. The Morgan fingerprint density at radius 2 is 2.21 bits per heavy atom. The molecule has 1 atom stereocenters. The highest BCUT2D eigenvalue weighted by Crippen LogP contribution is 2.19. The van der Waals surface area contributed by atoms with Crippen LogP contribution in [0.5, 0.6) is 0 Å². The van der Waals surface area contributed by atoms with Gasteiger partial charge in [-0.3, -0.25) is 0 Å². The lowest BCUT2D eigenvalue weighted by Crippen LogP contribution is -2.50. The fourth-order valence-corrected chi connectivity index (χ4v) is 1.83. The van der Waals surface area contributed by atoms with Gasteiger partial charge < -0.3 is 15.5 Å². The summed E-state index contributed by atoms with van der Waals surface area (Å²) in [6, 6.07) is 0.935. The van der Waals surface area contributed by atoms with Crippen molar-refractivity contribution < 1.29 is 4.79 Å². The molecule has 0 aromatic carbocycles. The van der Waals surface area contributed by atoms with Crippen molar-refractivity contribution in [1.82, 2.24) is 15.5 Å². The van der Waals surface area contributed by atoms with E-state index >= 15 is 0 Å². The van der Waals surface area contributed by atoms with Crippen LogP contribution in [0.4, 0.5) is 4.79 Å². The third kappa shape index (κ3) is 2.38. The van der Waals surface area contributed by atoms with E-state index in [0.717, 1.165) is 32.4 Å². The summed E-state index contributed by atoms with van der Waals surface area (Å²) < 4.78 is 0. The molecule has 1 saturated heterocycles. The van der Waals surface area contributed by atoms with Gasteiger partial charge in [-0.1, -0.05) is 0 Å². The number of nitrogens with one attached hydrogen (secondary N) is 2. The van der Waals surface area contributed by atoms with Gasteiger partial charge in [0.15, 0.2) is 0 Å². The third-order valence-electron chi connectivity index (χ3n) is 3.04. The van der Waals surface area contributed by atoms with Crippen molar-refractivity contribution in [1.29, 1.82) is 0 Å². The van der Waals surface area contributed by atoms with Gasteiger partial charge in [0.2, 0.25) is 0 Å². The van der Waals surface area contributed by atoms with Crippen molar-refractivity contribution in [3.8, 4) is 0 Å². The van der Waals surface area contributed by atoms with Gasteiger partial charge >= 0.3 is 6.03 Å². The molecule has 0 radical (unpaired) electrons. The lowest BCUT2D eigenvalue weighted by atomic mass is 10.1. The van der Waals surface area contributed by atoms with Gasteiger partial charge in [-0.05, 0) is 32.2 Å². The highest BCUT2D eigenvalue weighted by atomic mass is 16.2. The maximum absolute atomic E-state index is 11.7. The minimum atomic E-state index is 0.0983. The number of amides is 2. The molecule has 2 fully saturated rings. The predicted molar refractivity (Wildman–Crippen MR) is 55.2 cm³/mol. The van der Waals surface area contributed by atoms with E-state index in [4.69, 9.17) is 0 Å². The summed E-state index contributed by atoms with van der Waals surface area (Å²) in [6.45, 7) is 2.03. The second-order valence-electron chi connectivity index (χ2n) is 4.33. The van der Waals surface area contributed by atoms with Crippen LogP contribution in [0.1, 0.15) is 25.7 Å². The Hall–Kier alpha value is -0.770. The lowest BCUT2D eigenvalue weighted by molar-refractivity contribution is 0.178. The summed E-state index contributed by atoms with van der Waals surface area (Å²) in [5.74, 6) is 0. The zero-order valence-electron chi connectivity index (χ0n) is 8.75. The summed E-state index contributed by atoms with van der Waals surface area (Å²) in [6.07, 6.45) is 4.61. The first-order valence-electron chi connectivity index (χ1n) is 5.51. The fraction of sp³-hybridized carbons (Fsp3) is 0.900. The molecule has 1 saturated carbocycles. The number of nitrogens with zero attached hydrogens (tertiary/aromatic N) is 1. The van der Waals surface area contributed by atoms with Crippen molar-refractivity contribution >= 4 is 6.03 Å². The minimum absolute atomic E-state index is 0.0983. The average molecular weight is 197 g/mol. The van der Waals surface area contributed by atoms with Crippen LogP contribution < -0.4 is 10.6 Å². The summed E-state index contributed by atoms with van der Waals surface area (Å²) in [4.78, 5) is 13.5. The molecule has 14 heavy (non-hydrogen) atoms. The second kappa shape index (κ2) is 4.17. The van der Waals surface area contributed by atoms with Gasteiger partial charge in [0.1, 0.15) is 0 Å². The van der Waals surface area contributed by atoms with Crippen LogP contribution in [0.2, 0.25) is 0 Å². The molecule has 1 unspecified atom stereocenters. The number of rotatable bonds is 2. The number of likely N-dealkylation sites (N-methyl/N-ethyl adjacent to an activating group) is 1. The molecule has 4 heteroatoms. The SMILES string of the molecule is CN(C(=O)NC1CC1)C1CCCNC1. The summed E-state index contributed by atoms with van der Waals surface area (Å²) in [5, 5.41) is 6.33. The highest BCUT2D eigenvalue weighted by Gasteiger charge is 2.27. The maximum Gasteiger partial charge on any atom is 0.317 e. The fourth-order valence-electron chi connectivity index (χ4n) is 1.83. The molecular weight excluding hydrogens is 178 g/mol. The van der Waals surface area contributed by atoms with Crippen molar-refractivity contribution in [3.05, 3.63) is 0 Å². The quantitative estimate of drug-likeness (QED) is 0.678. The number of carbonyl (C=O) groups is 1. The highest BCUT2D eigenvalue weighted by molar-refractivity contribution is 5.74. The van der Waals surface area contributed by atoms with Gasteiger partial charge in [0, 0.05) is 25.7 Å². The van der Waals surface area contributed by atoms with Gasteiger partial charge in [0.05, 0.1) is 0 Å². The van der Waals surface area contributed by atoms with E-state index in [0.29, 0.717) is 12.1 Å². The largest absolute Gasteiger partial charge is 0.335 e. The van der Waals surface area contributed by atoms with E-state index in [1.54, 1.807) is 0 Å². The normalized spacial score (nSPS) is 27.1. The van der Waals surface area contributed by atoms with Crippen LogP contribution in [-0.2, 0) is 0 Å². The Kier molecular flexibility index (Phi) is 2.91. The first kappa shape index (κ1) is 9.77. The summed E-state index contributed by atoms with van der Waals surface area (Å²) in [7, 11) is 1.90. The Bertz CT molecular complexity index is 209. The standard InChI is InChI=1S/C10H19N3O/c1-13(9-3-2-6-11-7-9)10(14)12-8-4-5-8/h8-9,11H,2-7H2,1H3,(H,12,14). The molecule has 4 nitrogen and oxygen atoms in total. The van der Waals surface area contributed by atoms with Crippen LogP contribution >= 0.6 is 0 Å². The monoisotopic (exact) mass is 197 g/mol. The molecule has 0 aromatic rings. The van der Waals surface area contributed by atoms with Crippen LogP contribution in [0.15, 0.2) is 0 Å². The molecule has 2 amide bonds.